The molecule has 0 amide bonds. The van der Waals surface area contributed by atoms with Crippen LogP contribution in [0.15, 0.2) is 58.3 Å². The fourth-order valence-corrected chi connectivity index (χ4v) is 2.95. The molecule has 0 aliphatic heterocycles. The number of phenolic OH excluding ortho intramolecular Hbond substituents is 1. The minimum absolute atomic E-state index is 0.0170. The molecule has 0 fully saturated rings. The van der Waals surface area contributed by atoms with Gasteiger partial charge >= 0.3 is 0 Å². The van der Waals surface area contributed by atoms with E-state index in [1.165, 1.54) is 36.4 Å². The molecule has 2 aromatic rings. The van der Waals surface area contributed by atoms with Gasteiger partial charge in [0.2, 0.25) is 9.84 Å². The summed E-state index contributed by atoms with van der Waals surface area (Å²) in [6, 6.07) is 11.5. The standard InChI is InChI=1S/C14H14O4S/c1-10(15)11-2-6-13(7-3-11)19(17,18)14-8-4-12(16)5-9-14/h2-10,15-16H,1H3. The van der Waals surface area contributed by atoms with Gasteiger partial charge < -0.3 is 10.2 Å². The molecule has 2 N–H and O–H groups in total. The zero-order valence-corrected chi connectivity index (χ0v) is 11.1. The third-order valence-corrected chi connectivity index (χ3v) is 4.61. The second-order valence-electron chi connectivity index (χ2n) is 4.24. The molecule has 4 nitrogen and oxygen atoms in total. The highest BCUT2D eigenvalue weighted by Gasteiger charge is 2.17. The lowest BCUT2D eigenvalue weighted by Crippen LogP contribution is -2.02. The lowest BCUT2D eigenvalue weighted by Gasteiger charge is -2.07. The smallest absolute Gasteiger partial charge is 0.206 e. The minimum Gasteiger partial charge on any atom is -0.508 e. The van der Waals surface area contributed by atoms with Crippen LogP contribution in [0, 0.1) is 0 Å². The number of phenols is 1. The van der Waals surface area contributed by atoms with Crippen molar-refractivity contribution in [1.82, 2.24) is 0 Å². The number of sulfone groups is 1. The van der Waals surface area contributed by atoms with Crippen LogP contribution in [-0.4, -0.2) is 18.6 Å². The summed E-state index contributed by atoms with van der Waals surface area (Å²) in [6.07, 6.45) is -0.634. The predicted molar refractivity (Wildman–Crippen MR) is 70.6 cm³/mol. The van der Waals surface area contributed by atoms with E-state index >= 15 is 0 Å². The summed E-state index contributed by atoms with van der Waals surface area (Å²) in [6.45, 7) is 1.61. The van der Waals surface area contributed by atoms with Crippen molar-refractivity contribution >= 4 is 9.84 Å². The number of aliphatic hydroxyl groups excluding tert-OH is 1. The third-order valence-electron chi connectivity index (χ3n) is 2.82. The molecule has 19 heavy (non-hydrogen) atoms. The van der Waals surface area contributed by atoms with Crippen molar-refractivity contribution in [2.75, 3.05) is 0 Å². The zero-order valence-electron chi connectivity index (χ0n) is 10.3. The number of aromatic hydroxyl groups is 1. The molecule has 2 rings (SSSR count). The number of hydrogen-bond acceptors (Lipinski definition) is 4. The molecule has 0 spiro atoms. The van der Waals surface area contributed by atoms with Gasteiger partial charge in [-0.1, -0.05) is 12.1 Å². The van der Waals surface area contributed by atoms with Crippen LogP contribution in [-0.2, 0) is 9.84 Å². The molecule has 0 saturated carbocycles. The quantitative estimate of drug-likeness (QED) is 0.903. The van der Waals surface area contributed by atoms with E-state index in [9.17, 15) is 13.5 Å². The van der Waals surface area contributed by atoms with Crippen molar-refractivity contribution in [2.24, 2.45) is 0 Å². The molecular weight excluding hydrogens is 264 g/mol. The van der Waals surface area contributed by atoms with Gasteiger partial charge in [-0.3, -0.25) is 0 Å². The van der Waals surface area contributed by atoms with Crippen LogP contribution < -0.4 is 0 Å². The maximum absolute atomic E-state index is 12.3. The van der Waals surface area contributed by atoms with E-state index in [1.807, 2.05) is 0 Å². The maximum atomic E-state index is 12.3. The van der Waals surface area contributed by atoms with Crippen molar-refractivity contribution in [3.63, 3.8) is 0 Å². The van der Waals surface area contributed by atoms with Crippen LogP contribution in [0.1, 0.15) is 18.6 Å². The average Bonchev–Trinajstić information content (AvgIpc) is 2.39. The molecule has 0 radical (unpaired) electrons. The minimum atomic E-state index is -3.59. The highest BCUT2D eigenvalue weighted by molar-refractivity contribution is 7.91. The van der Waals surface area contributed by atoms with Gasteiger partial charge in [-0.05, 0) is 48.9 Å². The topological polar surface area (TPSA) is 74.6 Å². The van der Waals surface area contributed by atoms with E-state index < -0.39 is 15.9 Å². The third kappa shape index (κ3) is 2.77. The second-order valence-corrected chi connectivity index (χ2v) is 6.19. The Bertz CT molecular complexity index is 656. The van der Waals surface area contributed by atoms with Crippen LogP contribution in [0.3, 0.4) is 0 Å². The van der Waals surface area contributed by atoms with Crippen molar-refractivity contribution in [2.45, 2.75) is 22.8 Å². The first-order chi connectivity index (χ1) is 8.91. The first-order valence-corrected chi connectivity index (χ1v) is 7.22. The van der Waals surface area contributed by atoms with Crippen molar-refractivity contribution in [1.29, 1.82) is 0 Å². The van der Waals surface area contributed by atoms with Gasteiger partial charge in [-0.2, -0.15) is 0 Å². The first-order valence-electron chi connectivity index (χ1n) is 5.73. The second kappa shape index (κ2) is 5.03. The molecule has 0 aliphatic rings. The lowest BCUT2D eigenvalue weighted by molar-refractivity contribution is 0.199. The highest BCUT2D eigenvalue weighted by atomic mass is 32.2. The van der Waals surface area contributed by atoms with Gasteiger partial charge in [0.05, 0.1) is 15.9 Å². The molecule has 0 heterocycles. The van der Waals surface area contributed by atoms with E-state index in [4.69, 9.17) is 5.11 Å². The molecule has 0 bridgehead atoms. The zero-order chi connectivity index (χ0) is 14.0. The van der Waals surface area contributed by atoms with Crippen molar-refractivity contribution in [3.05, 3.63) is 54.1 Å². The molecule has 1 atom stereocenters. The Morgan fingerprint density at radius 2 is 1.32 bits per heavy atom. The monoisotopic (exact) mass is 278 g/mol. The Labute approximate surface area is 111 Å². The summed E-state index contributed by atoms with van der Waals surface area (Å²) in [5.41, 5.74) is 0.657. The van der Waals surface area contributed by atoms with E-state index in [2.05, 4.69) is 0 Å². The molecule has 1 unspecified atom stereocenters. The molecule has 5 heteroatoms. The van der Waals surface area contributed by atoms with E-state index in [0.717, 1.165) is 0 Å². The fraction of sp³-hybridized carbons (Fsp3) is 0.143. The summed E-state index contributed by atoms with van der Waals surface area (Å²) in [5, 5.41) is 18.6. The number of benzene rings is 2. The van der Waals surface area contributed by atoms with Crippen LogP contribution in [0.25, 0.3) is 0 Å². The van der Waals surface area contributed by atoms with E-state index in [1.54, 1.807) is 19.1 Å². The van der Waals surface area contributed by atoms with Gasteiger partial charge in [0, 0.05) is 0 Å². The van der Waals surface area contributed by atoms with Gasteiger partial charge in [0.1, 0.15) is 5.75 Å². The molecule has 0 aromatic heterocycles. The molecule has 0 aliphatic carbocycles. The Morgan fingerprint density at radius 1 is 0.895 bits per heavy atom. The lowest BCUT2D eigenvalue weighted by atomic mass is 10.1. The van der Waals surface area contributed by atoms with Crippen molar-refractivity contribution in [3.8, 4) is 5.75 Å². The number of rotatable bonds is 3. The first kappa shape index (κ1) is 13.6. The van der Waals surface area contributed by atoms with Crippen LogP contribution >= 0.6 is 0 Å². The van der Waals surface area contributed by atoms with Gasteiger partial charge in [0.25, 0.3) is 0 Å². The highest BCUT2D eigenvalue weighted by Crippen LogP contribution is 2.24. The van der Waals surface area contributed by atoms with Crippen LogP contribution in [0.5, 0.6) is 5.75 Å². The largest absolute Gasteiger partial charge is 0.508 e. The maximum Gasteiger partial charge on any atom is 0.206 e. The average molecular weight is 278 g/mol. The molecule has 100 valence electrons. The van der Waals surface area contributed by atoms with Gasteiger partial charge in [-0.25, -0.2) is 8.42 Å². The number of aliphatic hydroxyl groups is 1. The van der Waals surface area contributed by atoms with Crippen molar-refractivity contribution < 1.29 is 18.6 Å². The Morgan fingerprint density at radius 3 is 1.74 bits per heavy atom. The normalized spacial score (nSPS) is 13.2. The predicted octanol–water partition coefficient (Wildman–Crippen LogP) is 2.28. The Kier molecular flexibility index (Phi) is 3.59. The molecular formula is C14H14O4S. The summed E-state index contributed by atoms with van der Waals surface area (Å²) >= 11 is 0. The molecule has 2 aromatic carbocycles. The summed E-state index contributed by atoms with van der Waals surface area (Å²) < 4.78 is 24.6. The summed E-state index contributed by atoms with van der Waals surface area (Å²) in [5.74, 6) is 0.0170. The SMILES string of the molecule is CC(O)c1ccc(S(=O)(=O)c2ccc(O)cc2)cc1. The van der Waals surface area contributed by atoms with E-state index in [0.29, 0.717) is 5.56 Å². The van der Waals surface area contributed by atoms with Crippen LogP contribution in [0.4, 0.5) is 0 Å². The number of hydrogen-bond donors (Lipinski definition) is 2. The Balaban J connectivity index is 2.42. The van der Waals surface area contributed by atoms with E-state index in [-0.39, 0.29) is 15.5 Å². The Hall–Kier alpha value is -1.85. The fourth-order valence-electron chi connectivity index (χ4n) is 1.69. The molecule has 0 saturated heterocycles. The summed E-state index contributed by atoms with van der Waals surface area (Å²) in [7, 11) is -3.59. The summed E-state index contributed by atoms with van der Waals surface area (Å²) in [4.78, 5) is 0.276. The van der Waals surface area contributed by atoms with Gasteiger partial charge in [0.15, 0.2) is 0 Å². The van der Waals surface area contributed by atoms with Crippen LogP contribution in [0.2, 0.25) is 0 Å². The van der Waals surface area contributed by atoms with Gasteiger partial charge in [-0.15, -0.1) is 0 Å².